The van der Waals surface area contributed by atoms with Gasteiger partial charge in [0.1, 0.15) is 0 Å². The third-order valence-electron chi connectivity index (χ3n) is 4.86. The van der Waals surface area contributed by atoms with Crippen molar-refractivity contribution in [1.82, 2.24) is 9.80 Å². The fourth-order valence-electron chi connectivity index (χ4n) is 3.57. The van der Waals surface area contributed by atoms with Crippen LogP contribution in [0.5, 0.6) is 0 Å². The van der Waals surface area contributed by atoms with Gasteiger partial charge in [-0.2, -0.15) is 0 Å². The van der Waals surface area contributed by atoms with Crippen molar-refractivity contribution < 1.29 is 9.72 Å². The van der Waals surface area contributed by atoms with Gasteiger partial charge >= 0.3 is 0 Å². The molecule has 1 aromatic rings. The Morgan fingerprint density at radius 2 is 2.00 bits per heavy atom. The molecular formula is C18H23N3O3. The summed E-state index contributed by atoms with van der Waals surface area (Å²) in [5.41, 5.74) is 0.710. The van der Waals surface area contributed by atoms with Crippen molar-refractivity contribution in [2.24, 2.45) is 0 Å². The van der Waals surface area contributed by atoms with Gasteiger partial charge in [0.15, 0.2) is 0 Å². The molecule has 0 aromatic heterocycles. The molecule has 3 rings (SSSR count). The number of carbonyl (C=O) groups excluding carboxylic acids is 1. The SMILES string of the molecule is O=C(/C=C/c1cccc([N+](=O)[O-])c1)N1CCC[C@@H](N2CCCC2)C1. The Labute approximate surface area is 141 Å². The number of nitro benzene ring substituents is 1. The van der Waals surface area contributed by atoms with Crippen molar-refractivity contribution in [3.8, 4) is 0 Å². The predicted octanol–water partition coefficient (Wildman–Crippen LogP) is 2.69. The molecule has 0 bridgehead atoms. The van der Waals surface area contributed by atoms with E-state index in [4.69, 9.17) is 0 Å². The number of nitrogens with zero attached hydrogens (tertiary/aromatic N) is 3. The highest BCUT2D eigenvalue weighted by atomic mass is 16.6. The molecule has 1 amide bonds. The van der Waals surface area contributed by atoms with Crippen LogP contribution in [0, 0.1) is 10.1 Å². The summed E-state index contributed by atoms with van der Waals surface area (Å²) in [6.45, 7) is 3.88. The van der Waals surface area contributed by atoms with Crippen LogP contribution >= 0.6 is 0 Å². The number of hydrogen-bond acceptors (Lipinski definition) is 4. The van der Waals surface area contributed by atoms with Crippen molar-refractivity contribution in [3.63, 3.8) is 0 Å². The molecule has 0 spiro atoms. The molecule has 6 heteroatoms. The fourth-order valence-corrected chi connectivity index (χ4v) is 3.57. The van der Waals surface area contributed by atoms with Crippen molar-refractivity contribution in [3.05, 3.63) is 46.0 Å². The number of amides is 1. The Morgan fingerprint density at radius 3 is 2.75 bits per heavy atom. The number of nitro groups is 1. The van der Waals surface area contributed by atoms with E-state index >= 15 is 0 Å². The van der Waals surface area contributed by atoms with Gasteiger partial charge in [-0.1, -0.05) is 12.1 Å². The largest absolute Gasteiger partial charge is 0.338 e. The molecule has 2 saturated heterocycles. The number of likely N-dealkylation sites (tertiary alicyclic amines) is 2. The van der Waals surface area contributed by atoms with E-state index in [2.05, 4.69) is 4.90 Å². The molecular weight excluding hydrogens is 306 g/mol. The third-order valence-corrected chi connectivity index (χ3v) is 4.86. The molecule has 2 heterocycles. The van der Waals surface area contributed by atoms with Crippen LogP contribution in [-0.2, 0) is 4.79 Å². The topological polar surface area (TPSA) is 66.7 Å². The van der Waals surface area contributed by atoms with Gasteiger partial charge in [-0.15, -0.1) is 0 Å². The smallest absolute Gasteiger partial charge is 0.270 e. The fraction of sp³-hybridized carbons (Fsp3) is 0.500. The summed E-state index contributed by atoms with van der Waals surface area (Å²) in [5.74, 6) is -0.00889. The molecule has 1 atom stereocenters. The van der Waals surface area contributed by atoms with Gasteiger partial charge in [0, 0.05) is 37.3 Å². The minimum Gasteiger partial charge on any atom is -0.338 e. The van der Waals surface area contributed by atoms with E-state index in [-0.39, 0.29) is 11.6 Å². The summed E-state index contributed by atoms with van der Waals surface area (Å²) in [4.78, 5) is 27.2. The van der Waals surface area contributed by atoms with Crippen LogP contribution in [0.1, 0.15) is 31.2 Å². The minimum absolute atomic E-state index is 0.00889. The maximum atomic E-state index is 12.4. The highest BCUT2D eigenvalue weighted by molar-refractivity contribution is 5.92. The lowest BCUT2D eigenvalue weighted by molar-refractivity contribution is -0.384. The molecule has 0 N–H and O–H groups in total. The monoisotopic (exact) mass is 329 g/mol. The molecule has 2 fully saturated rings. The molecule has 0 saturated carbocycles. The summed E-state index contributed by atoms with van der Waals surface area (Å²) in [7, 11) is 0. The summed E-state index contributed by atoms with van der Waals surface area (Å²) < 4.78 is 0. The summed E-state index contributed by atoms with van der Waals surface area (Å²) in [6.07, 6.45) is 7.92. The Kier molecular flexibility index (Phi) is 5.25. The van der Waals surface area contributed by atoms with Crippen LogP contribution in [0.2, 0.25) is 0 Å². The Bertz CT molecular complexity index is 638. The van der Waals surface area contributed by atoms with E-state index in [1.807, 2.05) is 4.90 Å². The van der Waals surface area contributed by atoms with Crippen LogP contribution in [0.15, 0.2) is 30.3 Å². The van der Waals surface area contributed by atoms with Crippen LogP contribution in [0.3, 0.4) is 0 Å². The van der Waals surface area contributed by atoms with Gasteiger partial charge in [-0.25, -0.2) is 0 Å². The van der Waals surface area contributed by atoms with Crippen molar-refractivity contribution >= 4 is 17.7 Å². The quantitative estimate of drug-likeness (QED) is 0.484. The second-order valence-electron chi connectivity index (χ2n) is 6.51. The van der Waals surface area contributed by atoms with E-state index in [9.17, 15) is 14.9 Å². The average Bonchev–Trinajstić information content (AvgIpc) is 3.15. The van der Waals surface area contributed by atoms with Crippen LogP contribution in [-0.4, -0.2) is 52.9 Å². The standard InChI is InChI=1S/C18H23N3O3/c22-18(9-8-15-5-3-6-16(13-15)21(23)24)20-12-4-7-17(14-20)19-10-1-2-11-19/h3,5-6,8-9,13,17H,1-2,4,7,10-12,14H2/b9-8+/t17-/m1/s1. The maximum absolute atomic E-state index is 12.4. The maximum Gasteiger partial charge on any atom is 0.270 e. The van der Waals surface area contributed by atoms with Crippen molar-refractivity contribution in [1.29, 1.82) is 0 Å². The zero-order valence-corrected chi connectivity index (χ0v) is 13.8. The van der Waals surface area contributed by atoms with Gasteiger partial charge in [0.05, 0.1) is 4.92 Å². The zero-order valence-electron chi connectivity index (χ0n) is 13.8. The zero-order chi connectivity index (χ0) is 16.9. The molecule has 24 heavy (non-hydrogen) atoms. The molecule has 0 unspecified atom stereocenters. The number of carbonyl (C=O) groups is 1. The molecule has 0 aliphatic carbocycles. The average molecular weight is 329 g/mol. The first-order valence-corrected chi connectivity index (χ1v) is 8.59. The second kappa shape index (κ2) is 7.57. The van der Waals surface area contributed by atoms with Crippen molar-refractivity contribution in [2.75, 3.05) is 26.2 Å². The number of hydrogen-bond donors (Lipinski definition) is 0. The highest BCUT2D eigenvalue weighted by Gasteiger charge is 2.28. The van der Waals surface area contributed by atoms with E-state index < -0.39 is 4.92 Å². The number of benzene rings is 1. The summed E-state index contributed by atoms with van der Waals surface area (Å²) in [6, 6.07) is 6.81. The Morgan fingerprint density at radius 1 is 1.21 bits per heavy atom. The third kappa shape index (κ3) is 4.00. The highest BCUT2D eigenvalue weighted by Crippen LogP contribution is 2.21. The lowest BCUT2D eigenvalue weighted by Crippen LogP contribution is -2.48. The molecule has 1 aromatic carbocycles. The van der Waals surface area contributed by atoms with E-state index in [1.165, 1.54) is 37.5 Å². The van der Waals surface area contributed by atoms with Crippen LogP contribution < -0.4 is 0 Å². The summed E-state index contributed by atoms with van der Waals surface area (Å²) in [5, 5.41) is 10.8. The van der Waals surface area contributed by atoms with Crippen LogP contribution in [0.4, 0.5) is 5.69 Å². The molecule has 128 valence electrons. The van der Waals surface area contributed by atoms with Gasteiger partial charge in [0.25, 0.3) is 5.69 Å². The van der Waals surface area contributed by atoms with E-state index in [1.54, 1.807) is 18.2 Å². The second-order valence-corrected chi connectivity index (χ2v) is 6.51. The van der Waals surface area contributed by atoms with Gasteiger partial charge in [0.2, 0.25) is 5.91 Å². The molecule has 6 nitrogen and oxygen atoms in total. The Hall–Kier alpha value is -2.21. The first-order valence-electron chi connectivity index (χ1n) is 8.59. The van der Waals surface area contributed by atoms with Crippen molar-refractivity contribution in [2.45, 2.75) is 31.7 Å². The number of piperidine rings is 1. The molecule has 2 aliphatic heterocycles. The predicted molar refractivity (Wildman–Crippen MR) is 92.5 cm³/mol. The Balaban J connectivity index is 1.61. The minimum atomic E-state index is -0.426. The number of rotatable bonds is 4. The molecule has 2 aliphatic rings. The van der Waals surface area contributed by atoms with Gasteiger partial charge < -0.3 is 4.90 Å². The number of non-ortho nitro benzene ring substituents is 1. The first-order chi connectivity index (χ1) is 11.6. The van der Waals surface area contributed by atoms with E-state index in [0.29, 0.717) is 11.6 Å². The lowest BCUT2D eigenvalue weighted by atomic mass is 10.0. The molecule has 0 radical (unpaired) electrons. The van der Waals surface area contributed by atoms with Crippen LogP contribution in [0.25, 0.3) is 6.08 Å². The van der Waals surface area contributed by atoms with E-state index in [0.717, 1.165) is 32.6 Å². The van der Waals surface area contributed by atoms with Gasteiger partial charge in [-0.3, -0.25) is 19.8 Å². The normalized spacial score (nSPS) is 22.2. The summed E-state index contributed by atoms with van der Waals surface area (Å²) >= 11 is 0. The first kappa shape index (κ1) is 16.6. The lowest BCUT2D eigenvalue weighted by Gasteiger charge is -2.37. The van der Waals surface area contributed by atoms with Gasteiger partial charge in [-0.05, 0) is 50.4 Å².